The summed E-state index contributed by atoms with van der Waals surface area (Å²) in [5.41, 5.74) is 0.933. The second kappa shape index (κ2) is 6.43. The standard InChI is InChI=1S/C16H17F2NO2/c1-10(19-15-8-11(17)4-7-14(15)18)13-6-5-12(20-2)9-16(13)21-3/h4-10,19H,1-3H3. The summed E-state index contributed by atoms with van der Waals surface area (Å²) in [4.78, 5) is 0. The minimum absolute atomic E-state index is 0.111. The van der Waals surface area contributed by atoms with Gasteiger partial charge in [-0.1, -0.05) is 0 Å². The summed E-state index contributed by atoms with van der Waals surface area (Å²) in [7, 11) is 3.12. The van der Waals surface area contributed by atoms with E-state index in [9.17, 15) is 8.78 Å². The Morgan fingerprint density at radius 1 is 1.00 bits per heavy atom. The molecule has 0 heterocycles. The average molecular weight is 293 g/mol. The van der Waals surface area contributed by atoms with E-state index >= 15 is 0 Å². The van der Waals surface area contributed by atoms with Crippen molar-refractivity contribution in [1.82, 2.24) is 0 Å². The number of anilines is 1. The molecule has 0 fully saturated rings. The Morgan fingerprint density at radius 2 is 1.76 bits per heavy atom. The Bertz CT molecular complexity index is 632. The summed E-state index contributed by atoms with van der Waals surface area (Å²) in [6.45, 7) is 1.84. The Morgan fingerprint density at radius 3 is 2.43 bits per heavy atom. The topological polar surface area (TPSA) is 30.5 Å². The van der Waals surface area contributed by atoms with Crippen molar-refractivity contribution < 1.29 is 18.3 Å². The number of halogens is 2. The third-order valence-electron chi connectivity index (χ3n) is 3.21. The van der Waals surface area contributed by atoms with Gasteiger partial charge in [-0.05, 0) is 37.3 Å². The summed E-state index contributed by atoms with van der Waals surface area (Å²) >= 11 is 0. The van der Waals surface area contributed by atoms with Crippen LogP contribution >= 0.6 is 0 Å². The first-order valence-corrected chi connectivity index (χ1v) is 6.48. The van der Waals surface area contributed by atoms with Gasteiger partial charge in [0.05, 0.1) is 25.9 Å². The van der Waals surface area contributed by atoms with Crippen molar-refractivity contribution in [3.63, 3.8) is 0 Å². The van der Waals surface area contributed by atoms with Gasteiger partial charge in [0.25, 0.3) is 0 Å². The maximum atomic E-state index is 13.7. The molecule has 3 nitrogen and oxygen atoms in total. The van der Waals surface area contributed by atoms with Crippen LogP contribution in [0.15, 0.2) is 36.4 Å². The lowest BCUT2D eigenvalue weighted by Gasteiger charge is -2.19. The fraction of sp³-hybridized carbons (Fsp3) is 0.250. The second-order valence-corrected chi connectivity index (χ2v) is 4.60. The Labute approximate surface area is 122 Å². The maximum Gasteiger partial charge on any atom is 0.146 e. The van der Waals surface area contributed by atoms with E-state index in [0.29, 0.717) is 11.5 Å². The third kappa shape index (κ3) is 3.42. The van der Waals surface area contributed by atoms with E-state index in [1.807, 2.05) is 13.0 Å². The predicted molar refractivity (Wildman–Crippen MR) is 77.9 cm³/mol. The monoisotopic (exact) mass is 293 g/mol. The molecule has 21 heavy (non-hydrogen) atoms. The van der Waals surface area contributed by atoms with Crippen molar-refractivity contribution in [2.45, 2.75) is 13.0 Å². The largest absolute Gasteiger partial charge is 0.497 e. The Balaban J connectivity index is 2.27. The van der Waals surface area contributed by atoms with Crippen LogP contribution in [-0.2, 0) is 0 Å². The van der Waals surface area contributed by atoms with E-state index in [1.165, 1.54) is 0 Å². The zero-order valence-corrected chi connectivity index (χ0v) is 12.1. The number of hydrogen-bond donors (Lipinski definition) is 1. The van der Waals surface area contributed by atoms with Gasteiger partial charge in [-0.25, -0.2) is 8.78 Å². The molecule has 1 N–H and O–H groups in total. The van der Waals surface area contributed by atoms with Gasteiger partial charge in [-0.3, -0.25) is 0 Å². The quantitative estimate of drug-likeness (QED) is 0.898. The lowest BCUT2D eigenvalue weighted by atomic mass is 10.1. The van der Waals surface area contributed by atoms with E-state index in [4.69, 9.17) is 9.47 Å². The maximum absolute atomic E-state index is 13.7. The zero-order chi connectivity index (χ0) is 15.4. The molecule has 0 amide bonds. The average Bonchev–Trinajstić information content (AvgIpc) is 2.50. The molecule has 1 atom stereocenters. The number of rotatable bonds is 5. The van der Waals surface area contributed by atoms with Crippen LogP contribution in [0.5, 0.6) is 11.5 Å². The van der Waals surface area contributed by atoms with E-state index in [1.54, 1.807) is 26.4 Å². The predicted octanol–water partition coefficient (Wildman–Crippen LogP) is 4.16. The minimum Gasteiger partial charge on any atom is -0.497 e. The van der Waals surface area contributed by atoms with E-state index in [-0.39, 0.29) is 11.7 Å². The van der Waals surface area contributed by atoms with Crippen LogP contribution < -0.4 is 14.8 Å². The van der Waals surface area contributed by atoms with Crippen LogP contribution in [0.3, 0.4) is 0 Å². The fourth-order valence-electron chi connectivity index (χ4n) is 2.10. The van der Waals surface area contributed by atoms with Crippen LogP contribution in [0.25, 0.3) is 0 Å². The molecule has 2 aromatic rings. The lowest BCUT2D eigenvalue weighted by Crippen LogP contribution is -2.09. The lowest BCUT2D eigenvalue weighted by molar-refractivity contribution is 0.390. The highest BCUT2D eigenvalue weighted by Crippen LogP contribution is 2.31. The molecule has 0 spiro atoms. The number of benzene rings is 2. The van der Waals surface area contributed by atoms with Crippen molar-refractivity contribution in [3.05, 3.63) is 53.6 Å². The highest BCUT2D eigenvalue weighted by molar-refractivity contribution is 5.50. The summed E-state index contributed by atoms with van der Waals surface area (Å²) in [5.74, 6) is 0.287. The fourth-order valence-corrected chi connectivity index (χ4v) is 2.10. The van der Waals surface area contributed by atoms with Gasteiger partial charge >= 0.3 is 0 Å². The zero-order valence-electron chi connectivity index (χ0n) is 12.1. The molecule has 0 radical (unpaired) electrons. The van der Waals surface area contributed by atoms with Crippen molar-refractivity contribution in [1.29, 1.82) is 0 Å². The highest BCUT2D eigenvalue weighted by Gasteiger charge is 2.14. The molecule has 112 valence electrons. The van der Waals surface area contributed by atoms with Gasteiger partial charge in [0.15, 0.2) is 0 Å². The van der Waals surface area contributed by atoms with Gasteiger partial charge in [-0.15, -0.1) is 0 Å². The molecule has 0 aliphatic heterocycles. The third-order valence-corrected chi connectivity index (χ3v) is 3.21. The number of nitrogens with one attached hydrogen (secondary N) is 1. The van der Waals surface area contributed by atoms with E-state index in [0.717, 1.165) is 23.8 Å². The van der Waals surface area contributed by atoms with Gasteiger partial charge in [0, 0.05) is 11.6 Å². The second-order valence-electron chi connectivity index (χ2n) is 4.60. The van der Waals surface area contributed by atoms with Crippen molar-refractivity contribution >= 4 is 5.69 Å². The summed E-state index contributed by atoms with van der Waals surface area (Å²) in [6, 6.07) is 8.40. The van der Waals surface area contributed by atoms with Gasteiger partial charge in [0.1, 0.15) is 23.1 Å². The smallest absolute Gasteiger partial charge is 0.146 e. The number of ether oxygens (including phenoxy) is 2. The summed E-state index contributed by atoms with van der Waals surface area (Å²) in [5, 5.41) is 2.94. The van der Waals surface area contributed by atoms with E-state index in [2.05, 4.69) is 5.32 Å². The van der Waals surface area contributed by atoms with Crippen LogP contribution in [0.2, 0.25) is 0 Å². The molecular weight excluding hydrogens is 276 g/mol. The van der Waals surface area contributed by atoms with Crippen molar-refractivity contribution in [2.24, 2.45) is 0 Å². The molecule has 0 bridgehead atoms. The molecule has 0 saturated carbocycles. The summed E-state index contributed by atoms with van der Waals surface area (Å²) in [6.07, 6.45) is 0. The first-order chi connectivity index (χ1) is 10.0. The van der Waals surface area contributed by atoms with E-state index < -0.39 is 11.6 Å². The normalized spacial score (nSPS) is 11.9. The molecule has 1 unspecified atom stereocenters. The van der Waals surface area contributed by atoms with Crippen LogP contribution in [0.4, 0.5) is 14.5 Å². The molecule has 5 heteroatoms. The van der Waals surface area contributed by atoms with Crippen LogP contribution in [-0.4, -0.2) is 14.2 Å². The molecule has 0 aliphatic carbocycles. The number of hydrogen-bond acceptors (Lipinski definition) is 3. The molecule has 0 aromatic heterocycles. The number of methoxy groups -OCH3 is 2. The van der Waals surface area contributed by atoms with Crippen molar-refractivity contribution in [3.8, 4) is 11.5 Å². The van der Waals surface area contributed by atoms with Crippen LogP contribution in [0, 0.1) is 11.6 Å². The molecule has 2 rings (SSSR count). The van der Waals surface area contributed by atoms with Gasteiger partial charge in [-0.2, -0.15) is 0 Å². The summed E-state index contributed by atoms with van der Waals surface area (Å²) < 4.78 is 37.3. The SMILES string of the molecule is COc1ccc(C(C)Nc2cc(F)ccc2F)c(OC)c1. The van der Waals surface area contributed by atoms with Crippen molar-refractivity contribution in [2.75, 3.05) is 19.5 Å². The van der Waals surface area contributed by atoms with Gasteiger partial charge in [0.2, 0.25) is 0 Å². The Kier molecular flexibility index (Phi) is 4.62. The first kappa shape index (κ1) is 15.1. The molecule has 0 saturated heterocycles. The first-order valence-electron chi connectivity index (χ1n) is 6.48. The molecule has 2 aromatic carbocycles. The Hall–Kier alpha value is -2.30. The highest BCUT2D eigenvalue weighted by atomic mass is 19.1. The minimum atomic E-state index is -0.504. The van der Waals surface area contributed by atoms with Gasteiger partial charge < -0.3 is 14.8 Å². The molecule has 0 aliphatic rings. The van der Waals surface area contributed by atoms with Crippen LogP contribution in [0.1, 0.15) is 18.5 Å². The molecular formula is C16H17F2NO2.